The molecule has 2 N–H and O–H groups in total. The SMILES string of the molecule is C=C(C)CNC(=S)C1=C(C(=O)OCC)NC2=C(CCC2)S1. The van der Waals surface area contributed by atoms with E-state index in [1.165, 1.54) is 4.91 Å². The van der Waals surface area contributed by atoms with Gasteiger partial charge in [0.15, 0.2) is 0 Å². The van der Waals surface area contributed by atoms with E-state index in [0.717, 1.165) is 35.4 Å². The Labute approximate surface area is 135 Å². The molecule has 0 aromatic carbocycles. The highest BCUT2D eigenvalue weighted by Crippen LogP contribution is 2.42. The molecule has 0 spiro atoms. The van der Waals surface area contributed by atoms with Crippen LogP contribution in [0.4, 0.5) is 0 Å². The summed E-state index contributed by atoms with van der Waals surface area (Å²) in [5.41, 5.74) is 2.58. The van der Waals surface area contributed by atoms with Gasteiger partial charge in [0.2, 0.25) is 0 Å². The normalized spacial score (nSPS) is 17.2. The molecule has 0 amide bonds. The molecule has 0 radical (unpaired) electrons. The van der Waals surface area contributed by atoms with Gasteiger partial charge in [-0.05, 0) is 33.1 Å². The molecule has 0 unspecified atom stereocenters. The molecule has 1 heterocycles. The van der Waals surface area contributed by atoms with Crippen molar-refractivity contribution >= 4 is 34.9 Å². The van der Waals surface area contributed by atoms with Crippen LogP contribution in [0.1, 0.15) is 33.1 Å². The molecule has 0 fully saturated rings. The lowest BCUT2D eigenvalue weighted by atomic mass is 10.3. The number of nitrogens with one attached hydrogen (secondary N) is 2. The molecule has 114 valence electrons. The Kier molecular flexibility index (Phi) is 5.47. The van der Waals surface area contributed by atoms with E-state index in [0.29, 0.717) is 23.8 Å². The van der Waals surface area contributed by atoms with Crippen LogP contribution < -0.4 is 10.6 Å². The second-order valence-electron chi connectivity index (χ2n) is 5.05. The van der Waals surface area contributed by atoms with E-state index in [4.69, 9.17) is 17.0 Å². The second-order valence-corrected chi connectivity index (χ2v) is 6.56. The van der Waals surface area contributed by atoms with Crippen molar-refractivity contribution in [3.8, 4) is 0 Å². The van der Waals surface area contributed by atoms with Gasteiger partial charge in [-0.1, -0.05) is 36.1 Å². The monoisotopic (exact) mass is 324 g/mol. The third kappa shape index (κ3) is 3.89. The highest BCUT2D eigenvalue weighted by Gasteiger charge is 2.30. The molecule has 0 atom stereocenters. The summed E-state index contributed by atoms with van der Waals surface area (Å²) in [6, 6.07) is 0. The number of hydrogen-bond acceptors (Lipinski definition) is 5. The molecular weight excluding hydrogens is 304 g/mol. The molecule has 4 nitrogen and oxygen atoms in total. The first-order valence-electron chi connectivity index (χ1n) is 7.03. The Morgan fingerprint density at radius 3 is 2.95 bits per heavy atom. The molecule has 6 heteroatoms. The molecule has 0 aromatic rings. The van der Waals surface area contributed by atoms with Gasteiger partial charge in [-0.2, -0.15) is 0 Å². The van der Waals surface area contributed by atoms with Crippen molar-refractivity contribution in [1.82, 2.24) is 10.6 Å². The number of thioether (sulfide) groups is 1. The summed E-state index contributed by atoms with van der Waals surface area (Å²) in [6.45, 7) is 8.52. The molecule has 1 aliphatic heterocycles. The van der Waals surface area contributed by atoms with Gasteiger partial charge in [0.1, 0.15) is 10.7 Å². The number of esters is 1. The molecule has 0 saturated carbocycles. The Balaban J connectivity index is 2.21. The number of carbonyl (C=O) groups is 1. The van der Waals surface area contributed by atoms with E-state index in [2.05, 4.69) is 17.2 Å². The topological polar surface area (TPSA) is 50.4 Å². The predicted molar refractivity (Wildman–Crippen MR) is 90.7 cm³/mol. The highest BCUT2D eigenvalue weighted by molar-refractivity contribution is 8.08. The highest BCUT2D eigenvalue weighted by atomic mass is 32.2. The second kappa shape index (κ2) is 7.13. The summed E-state index contributed by atoms with van der Waals surface area (Å²) in [7, 11) is 0. The van der Waals surface area contributed by atoms with E-state index < -0.39 is 0 Å². The fourth-order valence-corrected chi connectivity index (χ4v) is 3.63. The number of rotatable bonds is 5. The average Bonchev–Trinajstić information content (AvgIpc) is 2.90. The molecule has 0 saturated heterocycles. The lowest BCUT2D eigenvalue weighted by molar-refractivity contribution is -0.138. The van der Waals surface area contributed by atoms with Crippen molar-refractivity contribution in [2.45, 2.75) is 33.1 Å². The van der Waals surface area contributed by atoms with Crippen LogP contribution in [0, 0.1) is 0 Å². The first-order chi connectivity index (χ1) is 10.0. The molecule has 2 aliphatic rings. The van der Waals surface area contributed by atoms with Crippen LogP contribution in [0.5, 0.6) is 0 Å². The summed E-state index contributed by atoms with van der Waals surface area (Å²) < 4.78 is 5.14. The summed E-state index contributed by atoms with van der Waals surface area (Å²) in [5.74, 6) is -0.349. The molecule has 21 heavy (non-hydrogen) atoms. The first kappa shape index (κ1) is 16.1. The van der Waals surface area contributed by atoms with E-state index in [9.17, 15) is 4.79 Å². The van der Waals surface area contributed by atoms with Gasteiger partial charge in [0, 0.05) is 17.1 Å². The minimum Gasteiger partial charge on any atom is -0.461 e. The zero-order chi connectivity index (χ0) is 15.4. The Hall–Kier alpha value is -1.27. The maximum atomic E-state index is 12.2. The Morgan fingerprint density at radius 1 is 1.52 bits per heavy atom. The molecular formula is C15H20N2O2S2. The molecule has 2 rings (SSSR count). The number of thiocarbonyl (C=S) groups is 1. The fourth-order valence-electron chi connectivity index (χ4n) is 2.16. The quantitative estimate of drug-likeness (QED) is 0.461. The third-order valence-electron chi connectivity index (χ3n) is 3.13. The summed E-state index contributed by atoms with van der Waals surface area (Å²) >= 11 is 7.02. The summed E-state index contributed by atoms with van der Waals surface area (Å²) in [4.78, 5) is 14.8. The van der Waals surface area contributed by atoms with Crippen molar-refractivity contribution in [2.75, 3.05) is 13.2 Å². The summed E-state index contributed by atoms with van der Waals surface area (Å²) in [6.07, 6.45) is 3.13. The van der Waals surface area contributed by atoms with Gasteiger partial charge in [0.25, 0.3) is 0 Å². The zero-order valence-electron chi connectivity index (χ0n) is 12.4. The minimum absolute atomic E-state index is 0.347. The average molecular weight is 324 g/mol. The van der Waals surface area contributed by atoms with E-state index in [-0.39, 0.29) is 5.97 Å². The van der Waals surface area contributed by atoms with Crippen LogP contribution >= 0.6 is 24.0 Å². The third-order valence-corrected chi connectivity index (χ3v) is 4.92. The first-order valence-corrected chi connectivity index (χ1v) is 8.26. The van der Waals surface area contributed by atoms with E-state index in [1.807, 2.05) is 6.92 Å². The van der Waals surface area contributed by atoms with Crippen molar-refractivity contribution in [1.29, 1.82) is 0 Å². The van der Waals surface area contributed by atoms with Crippen molar-refractivity contribution in [3.63, 3.8) is 0 Å². The van der Waals surface area contributed by atoms with Crippen LogP contribution in [0.15, 0.2) is 33.4 Å². The van der Waals surface area contributed by atoms with Gasteiger partial charge < -0.3 is 15.4 Å². The Bertz CT molecular complexity index is 550. The van der Waals surface area contributed by atoms with Crippen LogP contribution in [-0.4, -0.2) is 24.1 Å². The van der Waals surface area contributed by atoms with Gasteiger partial charge in [-0.15, -0.1) is 0 Å². The standard InChI is InChI=1S/C15H20N2O2S2/c1-4-19-15(18)12-13(14(20)16-8-9(2)3)21-11-7-5-6-10(11)17-12/h17H,2,4-8H2,1,3H3,(H,16,20). The maximum Gasteiger partial charge on any atom is 0.356 e. The van der Waals surface area contributed by atoms with Gasteiger partial charge >= 0.3 is 5.97 Å². The maximum absolute atomic E-state index is 12.2. The fraction of sp³-hybridized carbons (Fsp3) is 0.467. The number of ether oxygens (including phenoxy) is 1. The van der Waals surface area contributed by atoms with Gasteiger partial charge in [-0.3, -0.25) is 0 Å². The predicted octanol–water partition coefficient (Wildman–Crippen LogP) is 2.99. The van der Waals surface area contributed by atoms with Crippen molar-refractivity contribution < 1.29 is 9.53 Å². The van der Waals surface area contributed by atoms with Crippen LogP contribution in [0.2, 0.25) is 0 Å². The number of hydrogen-bond donors (Lipinski definition) is 2. The smallest absolute Gasteiger partial charge is 0.356 e. The summed E-state index contributed by atoms with van der Waals surface area (Å²) in [5, 5.41) is 6.37. The molecule has 0 bridgehead atoms. The Morgan fingerprint density at radius 2 is 2.29 bits per heavy atom. The lowest BCUT2D eigenvalue weighted by Gasteiger charge is -2.23. The van der Waals surface area contributed by atoms with E-state index >= 15 is 0 Å². The van der Waals surface area contributed by atoms with Crippen molar-refractivity contribution in [3.05, 3.63) is 33.4 Å². The van der Waals surface area contributed by atoms with Gasteiger partial charge in [-0.25, -0.2) is 4.79 Å². The zero-order valence-corrected chi connectivity index (χ0v) is 14.0. The van der Waals surface area contributed by atoms with E-state index in [1.54, 1.807) is 18.7 Å². The lowest BCUT2D eigenvalue weighted by Crippen LogP contribution is -2.32. The van der Waals surface area contributed by atoms with Crippen LogP contribution in [0.25, 0.3) is 0 Å². The van der Waals surface area contributed by atoms with Crippen LogP contribution in [-0.2, 0) is 9.53 Å². The minimum atomic E-state index is -0.349. The number of allylic oxidation sites excluding steroid dienone is 2. The number of carbonyl (C=O) groups excluding carboxylic acids is 1. The van der Waals surface area contributed by atoms with Crippen molar-refractivity contribution in [2.24, 2.45) is 0 Å². The molecule has 0 aromatic heterocycles. The van der Waals surface area contributed by atoms with Crippen LogP contribution in [0.3, 0.4) is 0 Å². The van der Waals surface area contributed by atoms with Gasteiger partial charge in [0.05, 0.1) is 11.5 Å². The largest absolute Gasteiger partial charge is 0.461 e. The molecule has 1 aliphatic carbocycles.